The van der Waals surface area contributed by atoms with Gasteiger partial charge < -0.3 is 14.8 Å². The van der Waals surface area contributed by atoms with Crippen molar-refractivity contribution in [1.82, 2.24) is 0 Å². The summed E-state index contributed by atoms with van der Waals surface area (Å²) in [5.41, 5.74) is 3.22. The first kappa shape index (κ1) is 14.1. The number of nitrogens with one attached hydrogen (secondary N) is 1. The minimum absolute atomic E-state index is 0.592. The number of hydrogen-bond donors (Lipinski definition) is 1. The number of benzene rings is 2. The summed E-state index contributed by atoms with van der Waals surface area (Å²) in [4.78, 5) is 0. The molecule has 0 bridgehead atoms. The van der Waals surface area contributed by atoms with Crippen LogP contribution >= 0.6 is 11.6 Å². The Morgan fingerprint density at radius 2 is 1.81 bits per heavy atom. The van der Waals surface area contributed by atoms with Crippen molar-refractivity contribution >= 4 is 17.3 Å². The second-order valence-electron chi connectivity index (χ2n) is 5.70. The number of anilines is 1. The topological polar surface area (TPSA) is 30.5 Å². The normalized spacial score (nSPS) is 15.0. The molecule has 0 fully saturated rings. The molecule has 0 amide bonds. The smallest absolute Gasteiger partial charge is 0.246 e. The molecule has 21 heavy (non-hydrogen) atoms. The van der Waals surface area contributed by atoms with Crippen molar-refractivity contribution in [3.8, 4) is 11.5 Å². The molecule has 2 aromatic rings. The zero-order valence-electron chi connectivity index (χ0n) is 12.4. The van der Waals surface area contributed by atoms with Crippen molar-refractivity contribution in [2.24, 2.45) is 0 Å². The van der Waals surface area contributed by atoms with E-state index in [4.69, 9.17) is 21.1 Å². The molecule has 0 saturated carbocycles. The standard InChI is InChI=1S/C17H18ClNO2/c1-11-4-5-12(8-14(11)18)10-19-13-6-7-15-16(9-13)21-17(2,3)20-15/h4-9,19H,10H2,1-3H3. The maximum Gasteiger partial charge on any atom is 0.246 e. The van der Waals surface area contributed by atoms with E-state index in [1.54, 1.807) is 0 Å². The van der Waals surface area contributed by atoms with E-state index in [9.17, 15) is 0 Å². The van der Waals surface area contributed by atoms with E-state index in [1.165, 1.54) is 0 Å². The number of fused-ring (bicyclic) bond motifs is 1. The first-order valence-corrected chi connectivity index (χ1v) is 7.32. The number of halogens is 1. The lowest BCUT2D eigenvalue weighted by atomic mass is 10.1. The molecule has 0 atom stereocenters. The summed E-state index contributed by atoms with van der Waals surface area (Å²) in [6.45, 7) is 6.50. The lowest BCUT2D eigenvalue weighted by Crippen LogP contribution is -2.29. The van der Waals surface area contributed by atoms with Gasteiger partial charge in [-0.05, 0) is 36.2 Å². The second-order valence-corrected chi connectivity index (χ2v) is 6.11. The van der Waals surface area contributed by atoms with Crippen LogP contribution in [0.15, 0.2) is 36.4 Å². The fraction of sp³-hybridized carbons (Fsp3) is 0.294. The van der Waals surface area contributed by atoms with E-state index in [2.05, 4.69) is 11.4 Å². The van der Waals surface area contributed by atoms with Crippen LogP contribution in [0, 0.1) is 6.92 Å². The molecule has 4 heteroatoms. The van der Waals surface area contributed by atoms with Crippen LogP contribution in [0.3, 0.4) is 0 Å². The molecule has 1 N–H and O–H groups in total. The van der Waals surface area contributed by atoms with Crippen LogP contribution in [0.25, 0.3) is 0 Å². The fourth-order valence-corrected chi connectivity index (χ4v) is 2.49. The molecule has 1 heterocycles. The van der Waals surface area contributed by atoms with Crippen LogP contribution in [-0.2, 0) is 6.54 Å². The molecule has 0 aliphatic carbocycles. The third-order valence-electron chi connectivity index (χ3n) is 3.39. The molecule has 3 nitrogen and oxygen atoms in total. The van der Waals surface area contributed by atoms with E-state index < -0.39 is 5.79 Å². The van der Waals surface area contributed by atoms with Gasteiger partial charge in [-0.3, -0.25) is 0 Å². The molecule has 110 valence electrons. The van der Waals surface area contributed by atoms with Crippen molar-refractivity contribution in [3.63, 3.8) is 0 Å². The number of rotatable bonds is 3. The van der Waals surface area contributed by atoms with Gasteiger partial charge in [0, 0.05) is 37.2 Å². The number of hydrogen-bond acceptors (Lipinski definition) is 3. The summed E-state index contributed by atoms with van der Waals surface area (Å²) in [7, 11) is 0. The van der Waals surface area contributed by atoms with Gasteiger partial charge in [-0.1, -0.05) is 23.7 Å². The maximum absolute atomic E-state index is 6.14. The maximum atomic E-state index is 6.14. The second kappa shape index (κ2) is 5.15. The van der Waals surface area contributed by atoms with Gasteiger partial charge in [-0.15, -0.1) is 0 Å². The minimum atomic E-state index is -0.592. The highest BCUT2D eigenvalue weighted by atomic mass is 35.5. The van der Waals surface area contributed by atoms with Gasteiger partial charge >= 0.3 is 0 Å². The van der Waals surface area contributed by atoms with Gasteiger partial charge in [0.1, 0.15) is 0 Å². The summed E-state index contributed by atoms with van der Waals surface area (Å²) >= 11 is 6.14. The quantitative estimate of drug-likeness (QED) is 0.886. The van der Waals surface area contributed by atoms with E-state index in [-0.39, 0.29) is 0 Å². The number of aryl methyl sites for hydroxylation is 1. The van der Waals surface area contributed by atoms with Crippen molar-refractivity contribution in [2.45, 2.75) is 33.1 Å². The highest BCUT2D eigenvalue weighted by Gasteiger charge is 2.31. The summed E-state index contributed by atoms with van der Waals surface area (Å²) in [5, 5.41) is 4.16. The third kappa shape index (κ3) is 3.08. The Kier molecular flexibility index (Phi) is 3.46. The van der Waals surface area contributed by atoms with Gasteiger partial charge in [0.05, 0.1) is 0 Å². The average Bonchev–Trinajstić information content (AvgIpc) is 2.73. The summed E-state index contributed by atoms with van der Waals surface area (Å²) in [6, 6.07) is 12.0. The Morgan fingerprint density at radius 1 is 1.05 bits per heavy atom. The van der Waals surface area contributed by atoms with Crippen LogP contribution in [0.5, 0.6) is 11.5 Å². The van der Waals surface area contributed by atoms with E-state index >= 15 is 0 Å². The molecule has 1 aliphatic rings. The minimum Gasteiger partial charge on any atom is -0.449 e. The monoisotopic (exact) mass is 303 g/mol. The fourth-order valence-electron chi connectivity index (χ4n) is 2.28. The molecule has 0 saturated heterocycles. The van der Waals surface area contributed by atoms with Crippen molar-refractivity contribution < 1.29 is 9.47 Å². The SMILES string of the molecule is Cc1ccc(CNc2ccc3c(c2)OC(C)(C)O3)cc1Cl. The van der Waals surface area contributed by atoms with Gasteiger partial charge in [0.25, 0.3) is 0 Å². The molecule has 2 aromatic carbocycles. The lowest BCUT2D eigenvalue weighted by molar-refractivity contribution is -0.0431. The van der Waals surface area contributed by atoms with Gasteiger partial charge in [0.2, 0.25) is 5.79 Å². The molecule has 0 spiro atoms. The molecule has 1 aliphatic heterocycles. The largest absolute Gasteiger partial charge is 0.449 e. The van der Waals surface area contributed by atoms with Gasteiger partial charge in [0.15, 0.2) is 11.5 Å². The van der Waals surface area contributed by atoms with Crippen LogP contribution in [0.4, 0.5) is 5.69 Å². The van der Waals surface area contributed by atoms with Crippen LogP contribution in [0.1, 0.15) is 25.0 Å². The lowest BCUT2D eigenvalue weighted by Gasteiger charge is -2.16. The van der Waals surface area contributed by atoms with E-state index in [1.807, 2.05) is 51.1 Å². The highest BCUT2D eigenvalue weighted by Crippen LogP contribution is 2.40. The summed E-state index contributed by atoms with van der Waals surface area (Å²) < 4.78 is 11.4. The molecule has 0 aromatic heterocycles. The first-order valence-electron chi connectivity index (χ1n) is 6.94. The zero-order valence-corrected chi connectivity index (χ0v) is 13.1. The summed E-state index contributed by atoms with van der Waals surface area (Å²) in [6.07, 6.45) is 0. The summed E-state index contributed by atoms with van der Waals surface area (Å²) in [5.74, 6) is 0.960. The zero-order chi connectivity index (χ0) is 15.0. The molecule has 3 rings (SSSR count). The Bertz CT molecular complexity index is 682. The highest BCUT2D eigenvalue weighted by molar-refractivity contribution is 6.31. The van der Waals surface area contributed by atoms with Crippen molar-refractivity contribution in [1.29, 1.82) is 0 Å². The Morgan fingerprint density at radius 3 is 2.57 bits per heavy atom. The van der Waals surface area contributed by atoms with Gasteiger partial charge in [-0.25, -0.2) is 0 Å². The van der Waals surface area contributed by atoms with Gasteiger partial charge in [-0.2, -0.15) is 0 Å². The predicted octanol–water partition coefficient (Wildman–Crippen LogP) is 4.77. The van der Waals surface area contributed by atoms with Crippen LogP contribution in [-0.4, -0.2) is 5.79 Å². The third-order valence-corrected chi connectivity index (χ3v) is 3.80. The van der Waals surface area contributed by atoms with Crippen LogP contribution < -0.4 is 14.8 Å². The Balaban J connectivity index is 1.71. The Labute approximate surface area is 129 Å². The average molecular weight is 304 g/mol. The first-order chi connectivity index (χ1) is 9.93. The van der Waals surface area contributed by atoms with E-state index in [0.29, 0.717) is 6.54 Å². The Hall–Kier alpha value is -1.87. The van der Waals surface area contributed by atoms with Crippen LogP contribution in [0.2, 0.25) is 5.02 Å². The van der Waals surface area contributed by atoms with Crippen molar-refractivity contribution in [2.75, 3.05) is 5.32 Å². The van der Waals surface area contributed by atoms with Crippen molar-refractivity contribution in [3.05, 3.63) is 52.5 Å². The molecule has 0 unspecified atom stereocenters. The molecular weight excluding hydrogens is 286 g/mol. The number of ether oxygens (including phenoxy) is 2. The molecular formula is C17H18ClNO2. The van der Waals surface area contributed by atoms with E-state index in [0.717, 1.165) is 33.3 Å². The predicted molar refractivity (Wildman–Crippen MR) is 85.3 cm³/mol. The molecule has 0 radical (unpaired) electrons.